The number of methoxy groups -OCH3 is 1. The van der Waals surface area contributed by atoms with Crippen molar-refractivity contribution in [3.8, 4) is 16.9 Å². The Kier molecular flexibility index (Phi) is 5.80. The molecule has 27 heavy (non-hydrogen) atoms. The zero-order chi connectivity index (χ0) is 19.6. The Morgan fingerprint density at radius 3 is 2.63 bits per heavy atom. The highest BCUT2D eigenvalue weighted by atomic mass is 35.5. The van der Waals surface area contributed by atoms with Crippen LogP contribution in [0.2, 0.25) is 5.02 Å². The second-order valence-electron chi connectivity index (χ2n) is 6.98. The standard InChI is InChI=1S/C21H22ClNO4/c1-13(25)17-7-6-15(22)9-18(17)19-10-21(26)23(11-20(19)27-2)16(12-24)8-14-4-3-5-14/h6-7,9-12,14,16H,3-5,8H2,1-2H3. The van der Waals surface area contributed by atoms with Crippen molar-refractivity contribution in [3.63, 3.8) is 0 Å². The molecule has 1 heterocycles. The maximum absolute atomic E-state index is 12.8. The number of nitrogens with zero attached hydrogens (tertiary/aromatic N) is 1. The molecule has 1 aromatic carbocycles. The van der Waals surface area contributed by atoms with Crippen molar-refractivity contribution in [2.45, 2.75) is 38.6 Å². The van der Waals surface area contributed by atoms with Crippen LogP contribution in [0.25, 0.3) is 11.1 Å². The average Bonchev–Trinajstić information content (AvgIpc) is 2.61. The molecule has 0 radical (unpaired) electrons. The van der Waals surface area contributed by atoms with Crippen LogP contribution >= 0.6 is 11.6 Å². The van der Waals surface area contributed by atoms with Gasteiger partial charge in [-0.25, -0.2) is 0 Å². The summed E-state index contributed by atoms with van der Waals surface area (Å²) >= 11 is 6.11. The number of aromatic nitrogens is 1. The van der Waals surface area contributed by atoms with Gasteiger partial charge in [-0.2, -0.15) is 0 Å². The third kappa shape index (κ3) is 3.98. The Morgan fingerprint density at radius 1 is 1.33 bits per heavy atom. The van der Waals surface area contributed by atoms with Crippen molar-refractivity contribution < 1.29 is 14.3 Å². The number of ether oxygens (including phenoxy) is 1. The number of ketones is 1. The van der Waals surface area contributed by atoms with Crippen molar-refractivity contribution in [3.05, 3.63) is 51.4 Å². The summed E-state index contributed by atoms with van der Waals surface area (Å²) in [5.41, 5.74) is 1.17. The summed E-state index contributed by atoms with van der Waals surface area (Å²) in [5, 5.41) is 0.456. The Balaban J connectivity index is 2.10. The highest BCUT2D eigenvalue weighted by Crippen LogP contribution is 2.36. The van der Waals surface area contributed by atoms with Gasteiger partial charge in [-0.15, -0.1) is 0 Å². The highest BCUT2D eigenvalue weighted by Gasteiger charge is 2.25. The second kappa shape index (κ2) is 8.09. The van der Waals surface area contributed by atoms with Crippen molar-refractivity contribution in [1.29, 1.82) is 0 Å². The van der Waals surface area contributed by atoms with Gasteiger partial charge in [0.25, 0.3) is 5.56 Å². The molecule has 6 heteroatoms. The molecule has 1 aromatic heterocycles. The molecule has 5 nitrogen and oxygen atoms in total. The first kappa shape index (κ1) is 19.4. The lowest BCUT2D eigenvalue weighted by Crippen LogP contribution is -2.28. The Labute approximate surface area is 162 Å². The van der Waals surface area contributed by atoms with Crippen molar-refractivity contribution in [2.75, 3.05) is 7.11 Å². The van der Waals surface area contributed by atoms with E-state index in [2.05, 4.69) is 0 Å². The Morgan fingerprint density at radius 2 is 2.07 bits per heavy atom. The van der Waals surface area contributed by atoms with E-state index >= 15 is 0 Å². The lowest BCUT2D eigenvalue weighted by Gasteiger charge is -2.28. The number of benzene rings is 1. The van der Waals surface area contributed by atoms with Crippen LogP contribution in [0.15, 0.2) is 35.3 Å². The molecular weight excluding hydrogens is 366 g/mol. The van der Waals surface area contributed by atoms with Gasteiger partial charge < -0.3 is 14.1 Å². The molecule has 0 N–H and O–H groups in total. The van der Waals surface area contributed by atoms with Gasteiger partial charge in [0.15, 0.2) is 5.78 Å². The quantitative estimate of drug-likeness (QED) is 0.524. The summed E-state index contributed by atoms with van der Waals surface area (Å²) in [4.78, 5) is 36.4. The number of carbonyl (C=O) groups excluding carboxylic acids is 2. The van der Waals surface area contributed by atoms with E-state index < -0.39 is 6.04 Å². The third-order valence-electron chi connectivity index (χ3n) is 5.23. The van der Waals surface area contributed by atoms with E-state index in [4.69, 9.17) is 16.3 Å². The molecule has 2 aromatic rings. The number of carbonyl (C=O) groups is 2. The number of hydrogen-bond acceptors (Lipinski definition) is 4. The summed E-state index contributed by atoms with van der Waals surface area (Å²) in [5.74, 6) is 0.762. The molecule has 0 spiro atoms. The van der Waals surface area contributed by atoms with Crippen LogP contribution in [-0.4, -0.2) is 23.7 Å². The van der Waals surface area contributed by atoms with E-state index in [1.54, 1.807) is 24.4 Å². The van der Waals surface area contributed by atoms with E-state index in [0.717, 1.165) is 19.1 Å². The molecule has 0 amide bonds. The summed E-state index contributed by atoms with van der Waals surface area (Å²) < 4.78 is 6.90. The topological polar surface area (TPSA) is 65.4 Å². The fraction of sp³-hybridized carbons (Fsp3) is 0.381. The number of hydrogen-bond donors (Lipinski definition) is 0. The molecule has 0 saturated heterocycles. The molecule has 1 atom stereocenters. The van der Waals surface area contributed by atoms with Gasteiger partial charge in [0.2, 0.25) is 0 Å². The van der Waals surface area contributed by atoms with Gasteiger partial charge in [-0.3, -0.25) is 9.59 Å². The monoisotopic (exact) mass is 387 g/mol. The zero-order valence-electron chi connectivity index (χ0n) is 15.4. The third-order valence-corrected chi connectivity index (χ3v) is 5.46. The van der Waals surface area contributed by atoms with E-state index in [-0.39, 0.29) is 11.3 Å². The molecule has 0 bridgehead atoms. The fourth-order valence-electron chi connectivity index (χ4n) is 3.51. The average molecular weight is 388 g/mol. The number of Topliss-reactive ketones (excluding diaryl/α,β-unsaturated/α-hetero) is 1. The zero-order valence-corrected chi connectivity index (χ0v) is 16.2. The summed E-state index contributed by atoms with van der Waals surface area (Å²) in [6, 6.07) is 5.81. The molecule has 142 valence electrons. The lowest BCUT2D eigenvalue weighted by atomic mass is 9.81. The SMILES string of the molecule is COc1cn(C(C=O)CC2CCC2)c(=O)cc1-c1cc(Cl)ccc1C(C)=O. The minimum Gasteiger partial charge on any atom is -0.495 e. The Hall–Kier alpha value is -2.40. The van der Waals surface area contributed by atoms with Gasteiger partial charge in [-0.05, 0) is 43.0 Å². The first-order chi connectivity index (χ1) is 12.9. The molecule has 1 aliphatic rings. The molecule has 1 aliphatic carbocycles. The van der Waals surface area contributed by atoms with Gasteiger partial charge in [0.05, 0.1) is 19.3 Å². The second-order valence-corrected chi connectivity index (χ2v) is 7.42. The maximum atomic E-state index is 12.8. The van der Waals surface area contributed by atoms with Crippen LogP contribution in [-0.2, 0) is 4.79 Å². The van der Waals surface area contributed by atoms with Crippen LogP contribution < -0.4 is 10.3 Å². The first-order valence-corrected chi connectivity index (χ1v) is 9.38. The number of pyridine rings is 1. The lowest BCUT2D eigenvalue weighted by molar-refractivity contribution is -0.111. The van der Waals surface area contributed by atoms with E-state index in [1.807, 2.05) is 0 Å². The number of rotatable bonds is 7. The maximum Gasteiger partial charge on any atom is 0.252 e. The number of aldehydes is 1. The van der Waals surface area contributed by atoms with Crippen molar-refractivity contribution in [1.82, 2.24) is 4.57 Å². The smallest absolute Gasteiger partial charge is 0.252 e. The van der Waals surface area contributed by atoms with Gasteiger partial charge in [-0.1, -0.05) is 30.9 Å². The van der Waals surface area contributed by atoms with Gasteiger partial charge in [0.1, 0.15) is 12.0 Å². The summed E-state index contributed by atoms with van der Waals surface area (Å²) in [6.45, 7) is 1.46. The Bertz CT molecular complexity index is 930. The minimum absolute atomic E-state index is 0.136. The molecular formula is C21H22ClNO4. The summed E-state index contributed by atoms with van der Waals surface area (Å²) in [6.07, 6.45) is 6.40. The fourth-order valence-corrected chi connectivity index (χ4v) is 3.68. The van der Waals surface area contributed by atoms with Gasteiger partial charge >= 0.3 is 0 Å². The minimum atomic E-state index is -0.516. The van der Waals surface area contributed by atoms with Gasteiger partial charge in [0, 0.05) is 22.2 Å². The normalized spacial score (nSPS) is 15.1. The van der Waals surface area contributed by atoms with Crippen LogP contribution in [0.5, 0.6) is 5.75 Å². The molecule has 1 unspecified atom stereocenters. The molecule has 1 saturated carbocycles. The predicted octanol–water partition coefficient (Wildman–Crippen LogP) is 4.31. The van der Waals surface area contributed by atoms with Crippen LogP contribution in [0.3, 0.4) is 0 Å². The molecule has 0 aliphatic heterocycles. The number of halogens is 1. The predicted molar refractivity (Wildman–Crippen MR) is 105 cm³/mol. The van der Waals surface area contributed by atoms with E-state index in [1.165, 1.54) is 31.1 Å². The van der Waals surface area contributed by atoms with E-state index in [0.29, 0.717) is 39.8 Å². The van der Waals surface area contributed by atoms with Crippen molar-refractivity contribution in [2.24, 2.45) is 5.92 Å². The van der Waals surface area contributed by atoms with E-state index in [9.17, 15) is 14.4 Å². The van der Waals surface area contributed by atoms with Crippen molar-refractivity contribution >= 4 is 23.7 Å². The summed E-state index contributed by atoms with van der Waals surface area (Å²) in [7, 11) is 1.49. The van der Waals surface area contributed by atoms with Crippen LogP contribution in [0.4, 0.5) is 0 Å². The highest BCUT2D eigenvalue weighted by molar-refractivity contribution is 6.31. The van der Waals surface area contributed by atoms with Crippen LogP contribution in [0, 0.1) is 5.92 Å². The molecule has 1 fully saturated rings. The largest absolute Gasteiger partial charge is 0.495 e. The first-order valence-electron chi connectivity index (χ1n) is 9.01. The molecule has 3 rings (SSSR count). The van der Waals surface area contributed by atoms with Crippen LogP contribution in [0.1, 0.15) is 49.0 Å².